The summed E-state index contributed by atoms with van der Waals surface area (Å²) >= 11 is 1.59. The van der Waals surface area contributed by atoms with Crippen molar-refractivity contribution in [2.45, 2.75) is 19.1 Å². The first-order valence-electron chi connectivity index (χ1n) is 9.17. The number of anilines is 1. The molecule has 0 bridgehead atoms. The van der Waals surface area contributed by atoms with E-state index in [0.29, 0.717) is 18.8 Å². The highest BCUT2D eigenvalue weighted by atomic mass is 32.1. The maximum Gasteiger partial charge on any atom is 0.293 e. The van der Waals surface area contributed by atoms with E-state index < -0.39 is 4.92 Å². The van der Waals surface area contributed by atoms with Gasteiger partial charge in [0.2, 0.25) is 5.78 Å². The Bertz CT molecular complexity index is 1050. The summed E-state index contributed by atoms with van der Waals surface area (Å²) in [5.74, 6) is -0.108. The Labute approximate surface area is 171 Å². The van der Waals surface area contributed by atoms with Gasteiger partial charge in [0.05, 0.1) is 11.0 Å². The van der Waals surface area contributed by atoms with Gasteiger partial charge in [-0.3, -0.25) is 14.9 Å². The Morgan fingerprint density at radius 3 is 2.83 bits per heavy atom. The molecule has 150 valence electrons. The second-order valence-electron chi connectivity index (χ2n) is 7.05. The van der Waals surface area contributed by atoms with E-state index in [0.717, 1.165) is 5.56 Å². The number of nitro benzene ring substituents is 1. The van der Waals surface area contributed by atoms with Crippen molar-refractivity contribution in [2.24, 2.45) is 7.05 Å². The molecule has 0 aliphatic carbocycles. The minimum Gasteiger partial charge on any atom is -0.367 e. The van der Waals surface area contributed by atoms with E-state index in [1.165, 1.54) is 12.3 Å². The summed E-state index contributed by atoms with van der Waals surface area (Å²) in [6.45, 7) is 3.00. The van der Waals surface area contributed by atoms with Crippen molar-refractivity contribution in [3.63, 3.8) is 0 Å². The van der Waals surface area contributed by atoms with E-state index >= 15 is 0 Å². The Hall–Kier alpha value is -3.04. The first kappa shape index (κ1) is 19.3. The maximum atomic E-state index is 12.7. The molecule has 0 spiro atoms. The number of aromatic nitrogens is 2. The average Bonchev–Trinajstić information content (AvgIpc) is 3.38. The number of ether oxygens (including phenoxy) is 1. The summed E-state index contributed by atoms with van der Waals surface area (Å²) in [4.78, 5) is 30.1. The minimum absolute atomic E-state index is 0.0814. The molecule has 0 N–H and O–H groups in total. The molecule has 1 fully saturated rings. The van der Waals surface area contributed by atoms with Crippen LogP contribution in [0.15, 0.2) is 47.4 Å². The van der Waals surface area contributed by atoms with Gasteiger partial charge < -0.3 is 14.2 Å². The number of hydrogen-bond acceptors (Lipinski definition) is 7. The van der Waals surface area contributed by atoms with Crippen LogP contribution in [0.3, 0.4) is 0 Å². The molecule has 1 aliphatic heterocycles. The number of hydrogen-bond donors (Lipinski definition) is 0. The fourth-order valence-electron chi connectivity index (χ4n) is 3.58. The smallest absolute Gasteiger partial charge is 0.293 e. The van der Waals surface area contributed by atoms with Crippen LogP contribution in [-0.4, -0.2) is 39.5 Å². The first-order valence-corrected chi connectivity index (χ1v) is 10.1. The lowest BCUT2D eigenvalue weighted by molar-refractivity contribution is -0.384. The average molecular weight is 412 g/mol. The monoisotopic (exact) mass is 412 g/mol. The molecule has 0 saturated carbocycles. The quantitative estimate of drug-likeness (QED) is 0.361. The van der Waals surface area contributed by atoms with Crippen LogP contribution in [0, 0.1) is 10.1 Å². The van der Waals surface area contributed by atoms with E-state index in [4.69, 9.17) is 4.74 Å². The molecule has 0 amide bonds. The summed E-state index contributed by atoms with van der Waals surface area (Å²) < 4.78 is 7.63. The molecule has 29 heavy (non-hydrogen) atoms. The van der Waals surface area contributed by atoms with Crippen molar-refractivity contribution in [1.82, 2.24) is 9.55 Å². The number of aryl methyl sites for hydroxylation is 1. The number of morpholine rings is 1. The van der Waals surface area contributed by atoms with Gasteiger partial charge in [0.25, 0.3) is 5.69 Å². The molecular formula is C20H20N4O4S. The minimum atomic E-state index is -0.440. The van der Waals surface area contributed by atoms with Gasteiger partial charge in [-0.25, -0.2) is 4.98 Å². The zero-order valence-electron chi connectivity index (χ0n) is 16.0. The number of carbonyl (C=O) groups excluding carboxylic acids is 1. The zero-order valence-corrected chi connectivity index (χ0v) is 16.8. The third kappa shape index (κ3) is 3.79. The number of carbonyl (C=O) groups is 1. The van der Waals surface area contributed by atoms with Gasteiger partial charge in [0.15, 0.2) is 5.82 Å². The Morgan fingerprint density at radius 2 is 2.17 bits per heavy atom. The van der Waals surface area contributed by atoms with Gasteiger partial charge >= 0.3 is 0 Å². The molecule has 9 heteroatoms. The predicted molar refractivity (Wildman–Crippen MR) is 110 cm³/mol. The SMILES string of the molecule is CC1CN(c2ccc(C(=O)c3nccn3C)cc2[N+](=O)[O-])CC(c2ccsc2)O1. The number of imidazole rings is 1. The summed E-state index contributed by atoms with van der Waals surface area (Å²) in [7, 11) is 1.71. The van der Waals surface area contributed by atoms with E-state index in [2.05, 4.69) is 4.98 Å². The van der Waals surface area contributed by atoms with E-state index in [-0.39, 0.29) is 35.1 Å². The highest BCUT2D eigenvalue weighted by Crippen LogP contribution is 2.35. The van der Waals surface area contributed by atoms with Gasteiger partial charge in [0, 0.05) is 44.2 Å². The summed E-state index contributed by atoms with van der Waals surface area (Å²) in [6, 6.07) is 6.62. The van der Waals surface area contributed by atoms with Gasteiger partial charge in [-0.05, 0) is 41.4 Å². The lowest BCUT2D eigenvalue weighted by Crippen LogP contribution is -2.43. The molecule has 1 saturated heterocycles. The Morgan fingerprint density at radius 1 is 1.34 bits per heavy atom. The molecule has 1 aromatic carbocycles. The molecule has 4 rings (SSSR count). The molecule has 3 heterocycles. The standard InChI is InChI=1S/C20H20N4O4S/c1-13-10-23(11-18(28-13)15-5-8-29-12-15)16-4-3-14(9-17(16)24(26)27)19(25)20-21-6-7-22(20)2/h3-9,12-13,18H,10-11H2,1-2H3. The van der Waals surface area contributed by atoms with Crippen molar-refractivity contribution in [2.75, 3.05) is 18.0 Å². The van der Waals surface area contributed by atoms with Gasteiger partial charge in [-0.15, -0.1) is 0 Å². The number of rotatable bonds is 5. The van der Waals surface area contributed by atoms with Crippen LogP contribution in [0.5, 0.6) is 0 Å². The number of nitro groups is 1. The highest BCUT2D eigenvalue weighted by molar-refractivity contribution is 7.07. The third-order valence-electron chi connectivity index (χ3n) is 4.97. The predicted octanol–water partition coefficient (Wildman–Crippen LogP) is 3.59. The van der Waals surface area contributed by atoms with Gasteiger partial charge in [0.1, 0.15) is 11.8 Å². The van der Waals surface area contributed by atoms with E-state index in [1.807, 2.05) is 28.7 Å². The summed E-state index contributed by atoms with van der Waals surface area (Å²) in [5, 5.41) is 15.8. The lowest BCUT2D eigenvalue weighted by Gasteiger charge is -2.37. The van der Waals surface area contributed by atoms with Gasteiger partial charge in [-0.1, -0.05) is 0 Å². The molecule has 2 atom stereocenters. The molecule has 0 radical (unpaired) electrons. The van der Waals surface area contributed by atoms with Crippen LogP contribution >= 0.6 is 11.3 Å². The summed E-state index contributed by atoms with van der Waals surface area (Å²) in [5.41, 5.74) is 1.70. The first-order chi connectivity index (χ1) is 13.9. The Balaban J connectivity index is 1.67. The number of nitrogens with zero attached hydrogens (tertiary/aromatic N) is 4. The van der Waals surface area contributed by atoms with Crippen LogP contribution in [0.25, 0.3) is 0 Å². The molecule has 8 nitrogen and oxygen atoms in total. The van der Waals surface area contributed by atoms with Crippen molar-refractivity contribution >= 4 is 28.5 Å². The number of benzene rings is 1. The van der Waals surface area contributed by atoms with Crippen molar-refractivity contribution < 1.29 is 14.5 Å². The molecule has 1 aliphatic rings. The normalized spacial score (nSPS) is 19.3. The van der Waals surface area contributed by atoms with Crippen molar-refractivity contribution in [3.8, 4) is 0 Å². The summed E-state index contributed by atoms with van der Waals surface area (Å²) in [6.07, 6.45) is 2.95. The zero-order chi connectivity index (χ0) is 20.5. The lowest BCUT2D eigenvalue weighted by atomic mass is 10.1. The van der Waals surface area contributed by atoms with Crippen LogP contribution in [0.2, 0.25) is 0 Å². The molecule has 3 aromatic rings. The topological polar surface area (TPSA) is 90.5 Å². The molecular weight excluding hydrogens is 392 g/mol. The largest absolute Gasteiger partial charge is 0.367 e. The van der Waals surface area contributed by atoms with Crippen LogP contribution in [-0.2, 0) is 11.8 Å². The third-order valence-corrected chi connectivity index (χ3v) is 5.68. The van der Waals surface area contributed by atoms with Crippen molar-refractivity contribution in [3.05, 3.63) is 74.5 Å². The maximum absolute atomic E-state index is 12.7. The second-order valence-corrected chi connectivity index (χ2v) is 7.83. The fourth-order valence-corrected chi connectivity index (χ4v) is 4.28. The molecule has 2 aromatic heterocycles. The highest BCUT2D eigenvalue weighted by Gasteiger charge is 2.31. The number of thiophene rings is 1. The van der Waals surface area contributed by atoms with Crippen LogP contribution in [0.4, 0.5) is 11.4 Å². The van der Waals surface area contributed by atoms with Gasteiger partial charge in [-0.2, -0.15) is 11.3 Å². The second kappa shape index (κ2) is 7.76. The van der Waals surface area contributed by atoms with E-state index in [1.54, 1.807) is 41.3 Å². The fraction of sp³-hybridized carbons (Fsp3) is 0.300. The Kier molecular flexibility index (Phi) is 5.16. The van der Waals surface area contributed by atoms with E-state index in [9.17, 15) is 14.9 Å². The molecule has 2 unspecified atom stereocenters. The van der Waals surface area contributed by atoms with Crippen LogP contribution in [0.1, 0.15) is 34.8 Å². The number of ketones is 1. The van der Waals surface area contributed by atoms with Crippen LogP contribution < -0.4 is 4.90 Å². The van der Waals surface area contributed by atoms with Crippen molar-refractivity contribution in [1.29, 1.82) is 0 Å².